The van der Waals surface area contributed by atoms with E-state index in [1.165, 1.54) is 4.57 Å². The lowest BCUT2D eigenvalue weighted by molar-refractivity contribution is -0.140. The Kier molecular flexibility index (Phi) is 2.92. The van der Waals surface area contributed by atoms with E-state index in [1.807, 2.05) is 13.8 Å². The zero-order valence-corrected chi connectivity index (χ0v) is 11.1. The lowest BCUT2D eigenvalue weighted by Gasteiger charge is -2.21. The number of carbonyl (C=O) groups is 1. The first-order valence-corrected chi connectivity index (χ1v) is 6.01. The molecule has 0 aromatic carbocycles. The fraction of sp³-hybridized carbons (Fsp3) is 0.538. The van der Waals surface area contributed by atoms with Gasteiger partial charge in [0.2, 0.25) is 0 Å². The van der Waals surface area contributed by atoms with Gasteiger partial charge in [0.15, 0.2) is 0 Å². The molecular weight excluding hydrogens is 232 g/mol. The van der Waals surface area contributed by atoms with Crippen LogP contribution in [0.25, 0.3) is 0 Å². The Labute approximate surface area is 106 Å². The number of anilines is 1. The molecule has 1 atom stereocenters. The smallest absolute Gasteiger partial charge is 0.326 e. The van der Waals surface area contributed by atoms with Crippen molar-refractivity contribution in [3.63, 3.8) is 0 Å². The molecule has 5 nitrogen and oxygen atoms in total. The summed E-state index contributed by atoms with van der Waals surface area (Å²) in [6, 6.07) is -0.717. The molecule has 0 saturated heterocycles. The third kappa shape index (κ3) is 1.62. The topological polar surface area (TPSA) is 62.5 Å². The Balaban J connectivity index is 2.79. The van der Waals surface area contributed by atoms with Gasteiger partial charge in [-0.2, -0.15) is 0 Å². The average Bonchev–Trinajstić information content (AvgIpc) is 2.70. The second-order valence-corrected chi connectivity index (χ2v) is 5.01. The van der Waals surface area contributed by atoms with E-state index >= 15 is 0 Å². The fourth-order valence-electron chi connectivity index (χ4n) is 2.77. The van der Waals surface area contributed by atoms with Crippen molar-refractivity contribution < 1.29 is 9.90 Å². The van der Waals surface area contributed by atoms with E-state index < -0.39 is 12.0 Å². The summed E-state index contributed by atoms with van der Waals surface area (Å²) in [7, 11) is 3.61. The van der Waals surface area contributed by atoms with Gasteiger partial charge in [0, 0.05) is 19.8 Å². The van der Waals surface area contributed by atoms with Crippen molar-refractivity contribution >= 4 is 11.7 Å². The van der Waals surface area contributed by atoms with Crippen molar-refractivity contribution in [2.75, 3.05) is 19.0 Å². The first-order chi connectivity index (χ1) is 8.36. The first-order valence-electron chi connectivity index (χ1n) is 6.01. The Hall–Kier alpha value is -1.78. The van der Waals surface area contributed by atoms with Crippen LogP contribution in [0.2, 0.25) is 0 Å². The number of rotatable bonds is 2. The van der Waals surface area contributed by atoms with Crippen molar-refractivity contribution in [1.29, 1.82) is 0 Å². The predicted molar refractivity (Wildman–Crippen MR) is 69.5 cm³/mol. The van der Waals surface area contributed by atoms with E-state index in [-0.39, 0.29) is 5.56 Å². The molecule has 18 heavy (non-hydrogen) atoms. The van der Waals surface area contributed by atoms with Crippen LogP contribution in [-0.2, 0) is 11.2 Å². The second kappa shape index (κ2) is 4.15. The highest BCUT2D eigenvalue weighted by Gasteiger charge is 2.32. The molecule has 0 aliphatic carbocycles. The predicted octanol–water partition coefficient (Wildman–Crippen LogP) is 1.10. The molecule has 0 spiro atoms. The molecule has 0 amide bonds. The third-order valence-corrected chi connectivity index (χ3v) is 3.76. The molecule has 2 rings (SSSR count). The minimum atomic E-state index is -0.927. The van der Waals surface area contributed by atoms with E-state index in [0.717, 1.165) is 16.8 Å². The van der Waals surface area contributed by atoms with Crippen LogP contribution in [0, 0.1) is 13.8 Å². The summed E-state index contributed by atoms with van der Waals surface area (Å²) in [5, 5.41) is 9.20. The molecule has 0 saturated carbocycles. The van der Waals surface area contributed by atoms with Crippen molar-refractivity contribution in [2.24, 2.45) is 0 Å². The van der Waals surface area contributed by atoms with Gasteiger partial charge in [-0.05, 0) is 37.8 Å². The van der Waals surface area contributed by atoms with Gasteiger partial charge in [0.05, 0.1) is 0 Å². The van der Waals surface area contributed by atoms with Gasteiger partial charge < -0.3 is 10.0 Å². The maximum atomic E-state index is 12.4. The van der Waals surface area contributed by atoms with Gasteiger partial charge in [0.1, 0.15) is 11.7 Å². The molecule has 1 aliphatic heterocycles. The Bertz CT molecular complexity index is 573. The van der Waals surface area contributed by atoms with Crippen LogP contribution < -0.4 is 10.5 Å². The molecule has 1 unspecified atom stereocenters. The Morgan fingerprint density at radius 3 is 2.44 bits per heavy atom. The minimum absolute atomic E-state index is 0.192. The number of hydrogen-bond donors (Lipinski definition) is 1. The zero-order chi connectivity index (χ0) is 13.6. The summed E-state index contributed by atoms with van der Waals surface area (Å²) in [5.74, 6) is -0.927. The Morgan fingerprint density at radius 1 is 1.33 bits per heavy atom. The van der Waals surface area contributed by atoms with E-state index in [2.05, 4.69) is 0 Å². The average molecular weight is 250 g/mol. The lowest BCUT2D eigenvalue weighted by atomic mass is 10.1. The molecule has 98 valence electrons. The SMILES string of the molecule is Cc1c(C)c2n(c(=O)c1N(C)C)C(C(=O)O)CC2. The van der Waals surface area contributed by atoms with E-state index in [4.69, 9.17) is 0 Å². The number of aliphatic carboxylic acids is 1. The van der Waals surface area contributed by atoms with Gasteiger partial charge in [-0.3, -0.25) is 9.36 Å². The quantitative estimate of drug-likeness (QED) is 0.854. The van der Waals surface area contributed by atoms with Crippen LogP contribution in [-0.4, -0.2) is 29.7 Å². The number of pyridine rings is 1. The monoisotopic (exact) mass is 250 g/mol. The van der Waals surface area contributed by atoms with Crippen LogP contribution in [0.15, 0.2) is 4.79 Å². The first kappa shape index (κ1) is 12.7. The van der Waals surface area contributed by atoms with Gasteiger partial charge in [-0.25, -0.2) is 4.79 Å². The lowest BCUT2D eigenvalue weighted by Crippen LogP contribution is -2.33. The highest BCUT2D eigenvalue weighted by atomic mass is 16.4. The maximum Gasteiger partial charge on any atom is 0.326 e. The van der Waals surface area contributed by atoms with Crippen LogP contribution in [0.3, 0.4) is 0 Å². The molecule has 0 fully saturated rings. The molecule has 5 heteroatoms. The van der Waals surface area contributed by atoms with Crippen molar-refractivity contribution in [1.82, 2.24) is 4.57 Å². The van der Waals surface area contributed by atoms with E-state index in [1.54, 1.807) is 19.0 Å². The second-order valence-electron chi connectivity index (χ2n) is 5.01. The summed E-state index contributed by atoms with van der Waals surface area (Å²) < 4.78 is 1.46. The van der Waals surface area contributed by atoms with Crippen molar-refractivity contribution in [3.8, 4) is 0 Å². The summed E-state index contributed by atoms with van der Waals surface area (Å²) >= 11 is 0. The van der Waals surface area contributed by atoms with E-state index in [0.29, 0.717) is 18.5 Å². The standard InChI is InChI=1S/C13H18N2O3/c1-7-8(2)11(14(3)4)12(16)15-9(7)5-6-10(15)13(17)18/h10H,5-6H2,1-4H3,(H,17,18). The molecule has 1 N–H and O–H groups in total. The number of hydrogen-bond acceptors (Lipinski definition) is 3. The van der Waals surface area contributed by atoms with Crippen LogP contribution in [0.4, 0.5) is 5.69 Å². The number of carboxylic acid groups (broad SMARTS) is 1. The highest BCUT2D eigenvalue weighted by Crippen LogP contribution is 2.30. The molecule has 2 heterocycles. The molecule has 0 radical (unpaired) electrons. The van der Waals surface area contributed by atoms with Crippen LogP contribution in [0.1, 0.15) is 29.3 Å². The van der Waals surface area contributed by atoms with Gasteiger partial charge in [-0.1, -0.05) is 0 Å². The largest absolute Gasteiger partial charge is 0.480 e. The molecular formula is C13H18N2O3. The Morgan fingerprint density at radius 2 is 1.94 bits per heavy atom. The number of fused-ring (bicyclic) bond motifs is 1. The molecule has 1 aromatic heterocycles. The van der Waals surface area contributed by atoms with Crippen LogP contribution >= 0.6 is 0 Å². The normalized spacial score (nSPS) is 17.7. The van der Waals surface area contributed by atoms with E-state index in [9.17, 15) is 14.7 Å². The minimum Gasteiger partial charge on any atom is -0.480 e. The molecule has 0 bridgehead atoms. The maximum absolute atomic E-state index is 12.4. The number of nitrogens with zero attached hydrogens (tertiary/aromatic N) is 2. The number of aromatic nitrogens is 1. The molecule has 1 aromatic rings. The summed E-state index contributed by atoms with van der Waals surface area (Å²) in [6.45, 7) is 3.87. The zero-order valence-electron chi connectivity index (χ0n) is 11.1. The molecule has 1 aliphatic rings. The van der Waals surface area contributed by atoms with Gasteiger partial charge in [0.25, 0.3) is 5.56 Å². The third-order valence-electron chi connectivity index (χ3n) is 3.76. The number of carboxylic acids is 1. The summed E-state index contributed by atoms with van der Waals surface area (Å²) in [5.41, 5.74) is 3.24. The van der Waals surface area contributed by atoms with Crippen molar-refractivity contribution in [2.45, 2.75) is 32.7 Å². The van der Waals surface area contributed by atoms with Crippen molar-refractivity contribution in [3.05, 3.63) is 27.2 Å². The fourth-order valence-corrected chi connectivity index (χ4v) is 2.77. The van der Waals surface area contributed by atoms with Crippen LogP contribution in [0.5, 0.6) is 0 Å². The summed E-state index contributed by atoms with van der Waals surface area (Å²) in [6.07, 6.45) is 1.16. The van der Waals surface area contributed by atoms with Gasteiger partial charge >= 0.3 is 5.97 Å². The summed E-state index contributed by atoms with van der Waals surface area (Å²) in [4.78, 5) is 25.4. The highest BCUT2D eigenvalue weighted by molar-refractivity contribution is 5.73. The van der Waals surface area contributed by atoms with Gasteiger partial charge in [-0.15, -0.1) is 0 Å².